The molecular weight excluding hydrogens is 260 g/mol. The SMILES string of the molecule is Cc1cc(Cl)c(N)cc1N1CCC(CC(C)C)C1=O. The molecule has 1 aromatic carbocycles. The molecule has 1 heterocycles. The molecule has 0 bridgehead atoms. The first-order valence-corrected chi connectivity index (χ1v) is 7.15. The van der Waals surface area contributed by atoms with E-state index in [1.807, 2.05) is 24.0 Å². The van der Waals surface area contributed by atoms with Crippen molar-refractivity contribution in [1.82, 2.24) is 0 Å². The first-order valence-electron chi connectivity index (χ1n) is 6.77. The van der Waals surface area contributed by atoms with Crippen LogP contribution in [0.3, 0.4) is 0 Å². The standard InChI is InChI=1S/C15H21ClN2O/c1-9(2)6-11-4-5-18(15(11)19)14-8-13(17)12(16)7-10(14)3/h7-9,11H,4-6,17H2,1-3H3. The van der Waals surface area contributed by atoms with Gasteiger partial charge in [0.05, 0.1) is 10.7 Å². The zero-order valence-corrected chi connectivity index (χ0v) is 12.5. The van der Waals surface area contributed by atoms with Crippen molar-refractivity contribution in [3.05, 3.63) is 22.7 Å². The Hall–Kier alpha value is -1.22. The highest BCUT2D eigenvalue weighted by atomic mass is 35.5. The zero-order valence-electron chi connectivity index (χ0n) is 11.7. The van der Waals surface area contributed by atoms with E-state index in [0.29, 0.717) is 16.6 Å². The van der Waals surface area contributed by atoms with Gasteiger partial charge in [-0.1, -0.05) is 25.4 Å². The fourth-order valence-electron chi connectivity index (χ4n) is 2.73. The van der Waals surface area contributed by atoms with Crippen LogP contribution in [-0.2, 0) is 4.79 Å². The van der Waals surface area contributed by atoms with Crippen LogP contribution in [0.15, 0.2) is 12.1 Å². The molecule has 2 N–H and O–H groups in total. The van der Waals surface area contributed by atoms with Crippen molar-refractivity contribution in [1.29, 1.82) is 0 Å². The Labute approximate surface area is 119 Å². The van der Waals surface area contributed by atoms with Crippen molar-refractivity contribution in [2.75, 3.05) is 17.2 Å². The molecule has 1 amide bonds. The summed E-state index contributed by atoms with van der Waals surface area (Å²) in [6.45, 7) is 7.05. The van der Waals surface area contributed by atoms with E-state index < -0.39 is 0 Å². The molecule has 19 heavy (non-hydrogen) atoms. The molecule has 0 aliphatic carbocycles. The van der Waals surface area contributed by atoms with E-state index >= 15 is 0 Å². The van der Waals surface area contributed by atoms with Gasteiger partial charge in [0.25, 0.3) is 0 Å². The molecule has 1 atom stereocenters. The number of nitrogens with two attached hydrogens (primary N) is 1. The van der Waals surface area contributed by atoms with Gasteiger partial charge in [0.2, 0.25) is 5.91 Å². The Morgan fingerprint density at radius 1 is 1.47 bits per heavy atom. The predicted molar refractivity (Wildman–Crippen MR) is 80.5 cm³/mol. The normalized spacial score (nSPS) is 19.5. The molecule has 0 radical (unpaired) electrons. The monoisotopic (exact) mass is 280 g/mol. The van der Waals surface area contributed by atoms with Crippen molar-refractivity contribution < 1.29 is 4.79 Å². The summed E-state index contributed by atoms with van der Waals surface area (Å²) in [5.41, 5.74) is 8.28. The first-order chi connectivity index (χ1) is 8.90. The third-order valence-electron chi connectivity index (χ3n) is 3.68. The summed E-state index contributed by atoms with van der Waals surface area (Å²) >= 11 is 6.00. The summed E-state index contributed by atoms with van der Waals surface area (Å²) in [6, 6.07) is 3.64. The van der Waals surface area contributed by atoms with Crippen molar-refractivity contribution in [2.45, 2.75) is 33.6 Å². The van der Waals surface area contributed by atoms with E-state index in [1.54, 1.807) is 0 Å². The molecule has 1 aromatic rings. The average Bonchev–Trinajstić information content (AvgIpc) is 2.65. The molecular formula is C15H21ClN2O. The van der Waals surface area contributed by atoms with Gasteiger partial charge in [-0.15, -0.1) is 0 Å². The Morgan fingerprint density at radius 2 is 2.16 bits per heavy atom. The van der Waals surface area contributed by atoms with Crippen LogP contribution in [0.2, 0.25) is 5.02 Å². The molecule has 0 spiro atoms. The first kappa shape index (κ1) is 14.2. The Kier molecular flexibility index (Phi) is 4.04. The van der Waals surface area contributed by atoms with Crippen LogP contribution in [0.4, 0.5) is 11.4 Å². The molecule has 2 rings (SSSR count). The second kappa shape index (κ2) is 5.41. The zero-order chi connectivity index (χ0) is 14.2. The maximum atomic E-state index is 12.4. The minimum Gasteiger partial charge on any atom is -0.397 e. The number of halogens is 1. The molecule has 1 fully saturated rings. The van der Waals surface area contributed by atoms with Gasteiger partial charge >= 0.3 is 0 Å². The summed E-state index contributed by atoms with van der Waals surface area (Å²) in [7, 11) is 0. The number of carbonyl (C=O) groups is 1. The summed E-state index contributed by atoms with van der Waals surface area (Å²) in [5, 5.41) is 0.548. The maximum absolute atomic E-state index is 12.4. The molecule has 0 saturated carbocycles. The van der Waals surface area contributed by atoms with E-state index in [0.717, 1.165) is 30.6 Å². The minimum absolute atomic E-state index is 0.149. The van der Waals surface area contributed by atoms with Gasteiger partial charge in [-0.25, -0.2) is 0 Å². The summed E-state index contributed by atoms with van der Waals surface area (Å²) in [6.07, 6.45) is 1.89. The van der Waals surface area contributed by atoms with Gasteiger partial charge in [-0.05, 0) is 43.4 Å². The van der Waals surface area contributed by atoms with E-state index in [9.17, 15) is 4.79 Å². The van der Waals surface area contributed by atoms with E-state index in [1.165, 1.54) is 0 Å². The number of anilines is 2. The number of hydrogen-bond acceptors (Lipinski definition) is 2. The maximum Gasteiger partial charge on any atom is 0.230 e. The van der Waals surface area contributed by atoms with E-state index in [4.69, 9.17) is 17.3 Å². The molecule has 4 heteroatoms. The van der Waals surface area contributed by atoms with Crippen LogP contribution in [0, 0.1) is 18.8 Å². The van der Waals surface area contributed by atoms with Crippen molar-refractivity contribution in [2.24, 2.45) is 11.8 Å². The van der Waals surface area contributed by atoms with Gasteiger partial charge in [0.15, 0.2) is 0 Å². The topological polar surface area (TPSA) is 46.3 Å². The molecule has 1 saturated heterocycles. The highest BCUT2D eigenvalue weighted by Gasteiger charge is 2.33. The second-order valence-electron chi connectivity index (χ2n) is 5.77. The molecule has 1 aliphatic heterocycles. The average molecular weight is 281 g/mol. The number of amides is 1. The number of benzene rings is 1. The Balaban J connectivity index is 2.24. The van der Waals surface area contributed by atoms with E-state index in [2.05, 4.69) is 13.8 Å². The van der Waals surface area contributed by atoms with Gasteiger partial charge in [0.1, 0.15) is 0 Å². The highest BCUT2D eigenvalue weighted by Crippen LogP contribution is 2.34. The summed E-state index contributed by atoms with van der Waals surface area (Å²) < 4.78 is 0. The number of nitrogen functional groups attached to an aromatic ring is 1. The Morgan fingerprint density at radius 3 is 2.79 bits per heavy atom. The van der Waals surface area contributed by atoms with Gasteiger partial charge in [-0.3, -0.25) is 4.79 Å². The van der Waals surface area contributed by atoms with Gasteiger partial charge in [-0.2, -0.15) is 0 Å². The van der Waals surface area contributed by atoms with Crippen LogP contribution < -0.4 is 10.6 Å². The molecule has 1 unspecified atom stereocenters. The van der Waals surface area contributed by atoms with Crippen molar-refractivity contribution in [3.63, 3.8) is 0 Å². The largest absolute Gasteiger partial charge is 0.397 e. The van der Waals surface area contributed by atoms with Crippen LogP contribution in [0.1, 0.15) is 32.3 Å². The number of hydrogen-bond donors (Lipinski definition) is 1. The highest BCUT2D eigenvalue weighted by molar-refractivity contribution is 6.33. The summed E-state index contributed by atoms with van der Waals surface area (Å²) in [5.74, 6) is 0.917. The fraction of sp³-hybridized carbons (Fsp3) is 0.533. The van der Waals surface area contributed by atoms with E-state index in [-0.39, 0.29) is 11.8 Å². The van der Waals surface area contributed by atoms with Crippen molar-refractivity contribution in [3.8, 4) is 0 Å². The van der Waals surface area contributed by atoms with Crippen LogP contribution in [0.25, 0.3) is 0 Å². The predicted octanol–water partition coefficient (Wildman–Crippen LogP) is 3.63. The number of rotatable bonds is 3. The number of nitrogens with zero attached hydrogens (tertiary/aromatic N) is 1. The third kappa shape index (κ3) is 2.86. The van der Waals surface area contributed by atoms with Crippen LogP contribution >= 0.6 is 11.6 Å². The Bertz CT molecular complexity index is 499. The quantitative estimate of drug-likeness (QED) is 0.860. The van der Waals surface area contributed by atoms with Crippen LogP contribution in [-0.4, -0.2) is 12.5 Å². The van der Waals surface area contributed by atoms with Crippen LogP contribution in [0.5, 0.6) is 0 Å². The number of aryl methyl sites for hydroxylation is 1. The lowest BCUT2D eigenvalue weighted by atomic mass is 9.96. The molecule has 3 nitrogen and oxygen atoms in total. The smallest absolute Gasteiger partial charge is 0.230 e. The lowest BCUT2D eigenvalue weighted by molar-refractivity contribution is -0.120. The minimum atomic E-state index is 0.149. The summed E-state index contributed by atoms with van der Waals surface area (Å²) in [4.78, 5) is 14.3. The second-order valence-corrected chi connectivity index (χ2v) is 6.17. The fourth-order valence-corrected chi connectivity index (χ4v) is 2.95. The molecule has 0 aromatic heterocycles. The third-order valence-corrected chi connectivity index (χ3v) is 4.01. The number of carbonyl (C=O) groups excluding carboxylic acids is 1. The lowest BCUT2D eigenvalue weighted by Gasteiger charge is -2.20. The molecule has 1 aliphatic rings. The van der Waals surface area contributed by atoms with Crippen molar-refractivity contribution >= 4 is 28.9 Å². The lowest BCUT2D eigenvalue weighted by Crippen LogP contribution is -2.28. The molecule has 104 valence electrons. The van der Waals surface area contributed by atoms with Gasteiger partial charge < -0.3 is 10.6 Å². The van der Waals surface area contributed by atoms with Gasteiger partial charge in [0, 0.05) is 18.2 Å².